The highest BCUT2D eigenvalue weighted by atomic mass is 79.9. The van der Waals surface area contributed by atoms with Crippen molar-refractivity contribution in [3.8, 4) is 11.5 Å². The molecule has 0 spiro atoms. The molecule has 1 heterocycles. The Bertz CT molecular complexity index is 691. The maximum Gasteiger partial charge on any atom is 0.328 e. The number of aromatic amines is 1. The molecular weight excluding hydrogens is 328 g/mol. The molecule has 2 rings (SSSR count). The van der Waals surface area contributed by atoms with Crippen LogP contribution in [0.5, 0.6) is 11.5 Å². The van der Waals surface area contributed by atoms with Crippen LogP contribution in [0, 0.1) is 0 Å². The fourth-order valence-corrected chi connectivity index (χ4v) is 1.94. The number of rotatable bonds is 5. The van der Waals surface area contributed by atoms with Gasteiger partial charge in [-0.15, -0.1) is 0 Å². The third-order valence-electron chi connectivity index (χ3n) is 2.66. The van der Waals surface area contributed by atoms with Crippen molar-refractivity contribution in [2.45, 2.75) is 6.54 Å². The lowest BCUT2D eigenvalue weighted by Crippen LogP contribution is -2.36. The molecule has 2 aromatic rings. The molecule has 0 fully saturated rings. The average molecular weight is 341 g/mol. The Morgan fingerprint density at radius 3 is 2.50 bits per heavy atom. The number of methoxy groups -OCH3 is 1. The van der Waals surface area contributed by atoms with Gasteiger partial charge >= 0.3 is 5.69 Å². The number of H-pyrrole nitrogens is 1. The van der Waals surface area contributed by atoms with E-state index in [0.717, 1.165) is 10.3 Å². The van der Waals surface area contributed by atoms with E-state index in [9.17, 15) is 9.59 Å². The van der Waals surface area contributed by atoms with Crippen LogP contribution in [0.1, 0.15) is 0 Å². The number of halogens is 1. The Labute approximate surface area is 123 Å². The molecule has 0 saturated carbocycles. The van der Waals surface area contributed by atoms with Crippen molar-refractivity contribution in [3.05, 3.63) is 55.8 Å². The molecule has 0 atom stereocenters. The highest BCUT2D eigenvalue weighted by Gasteiger charge is 2.05. The van der Waals surface area contributed by atoms with E-state index in [2.05, 4.69) is 20.9 Å². The molecule has 106 valence electrons. The molecule has 0 saturated heterocycles. The largest absolute Gasteiger partial charge is 0.497 e. The molecule has 0 amide bonds. The lowest BCUT2D eigenvalue weighted by atomic mass is 10.3. The molecule has 7 heteroatoms. The average Bonchev–Trinajstić information content (AvgIpc) is 2.47. The molecule has 0 bridgehead atoms. The van der Waals surface area contributed by atoms with Gasteiger partial charge in [0.1, 0.15) is 18.1 Å². The van der Waals surface area contributed by atoms with Crippen molar-refractivity contribution in [1.82, 2.24) is 9.55 Å². The molecule has 0 radical (unpaired) electrons. The number of nitrogens with one attached hydrogen (secondary N) is 1. The Morgan fingerprint density at radius 1 is 1.20 bits per heavy atom. The Hall–Kier alpha value is -2.02. The summed E-state index contributed by atoms with van der Waals surface area (Å²) in [5.41, 5.74) is -0.844. The highest BCUT2D eigenvalue weighted by Crippen LogP contribution is 2.16. The smallest absolute Gasteiger partial charge is 0.328 e. The van der Waals surface area contributed by atoms with Gasteiger partial charge in [0.25, 0.3) is 5.56 Å². The first-order valence-corrected chi connectivity index (χ1v) is 6.66. The number of aromatic nitrogens is 2. The number of nitrogens with zero attached hydrogens (tertiary/aromatic N) is 1. The number of hydrogen-bond acceptors (Lipinski definition) is 4. The topological polar surface area (TPSA) is 73.3 Å². The fourth-order valence-electron chi connectivity index (χ4n) is 1.62. The quantitative estimate of drug-likeness (QED) is 0.892. The van der Waals surface area contributed by atoms with Crippen molar-refractivity contribution < 1.29 is 9.47 Å². The second-order valence-electron chi connectivity index (χ2n) is 3.92. The number of benzene rings is 1. The van der Waals surface area contributed by atoms with Crippen LogP contribution >= 0.6 is 15.9 Å². The Morgan fingerprint density at radius 2 is 1.85 bits per heavy atom. The zero-order valence-corrected chi connectivity index (χ0v) is 12.3. The van der Waals surface area contributed by atoms with E-state index in [0.29, 0.717) is 10.2 Å². The lowest BCUT2D eigenvalue weighted by molar-refractivity contribution is 0.292. The summed E-state index contributed by atoms with van der Waals surface area (Å²) < 4.78 is 11.9. The van der Waals surface area contributed by atoms with Crippen LogP contribution in [0.4, 0.5) is 0 Å². The summed E-state index contributed by atoms with van der Waals surface area (Å²) in [5.74, 6) is 1.38. The lowest BCUT2D eigenvalue weighted by Gasteiger charge is -2.08. The van der Waals surface area contributed by atoms with Crippen LogP contribution in [-0.2, 0) is 6.54 Å². The molecule has 1 aromatic carbocycles. The summed E-state index contributed by atoms with van der Waals surface area (Å²) in [6.07, 6.45) is 1.32. The first-order chi connectivity index (χ1) is 9.61. The third kappa shape index (κ3) is 3.30. The summed E-state index contributed by atoms with van der Waals surface area (Å²) in [5, 5.41) is 0. The monoisotopic (exact) mass is 340 g/mol. The van der Waals surface area contributed by atoms with Crippen LogP contribution in [0.25, 0.3) is 0 Å². The third-order valence-corrected chi connectivity index (χ3v) is 3.23. The van der Waals surface area contributed by atoms with Gasteiger partial charge in [0.2, 0.25) is 0 Å². The van der Waals surface area contributed by atoms with E-state index in [-0.39, 0.29) is 18.7 Å². The zero-order chi connectivity index (χ0) is 14.5. The van der Waals surface area contributed by atoms with E-state index in [1.54, 1.807) is 31.4 Å². The van der Waals surface area contributed by atoms with E-state index in [1.807, 2.05) is 0 Å². The van der Waals surface area contributed by atoms with Crippen molar-refractivity contribution in [1.29, 1.82) is 0 Å². The van der Waals surface area contributed by atoms with Crippen molar-refractivity contribution in [3.63, 3.8) is 0 Å². The van der Waals surface area contributed by atoms with Crippen LogP contribution in [0.15, 0.2) is 44.5 Å². The SMILES string of the molecule is COc1ccc(OCCn2c(=O)[nH]cc(Br)c2=O)cc1. The Balaban J connectivity index is 2.01. The van der Waals surface area contributed by atoms with Crippen LogP contribution in [0.2, 0.25) is 0 Å². The number of ether oxygens (including phenoxy) is 2. The summed E-state index contributed by atoms with van der Waals surface area (Å²) in [6, 6.07) is 7.06. The van der Waals surface area contributed by atoms with Crippen molar-refractivity contribution in [2.75, 3.05) is 13.7 Å². The summed E-state index contributed by atoms with van der Waals surface area (Å²) in [6.45, 7) is 0.380. The molecule has 0 aliphatic heterocycles. The van der Waals surface area contributed by atoms with Gasteiger partial charge in [0, 0.05) is 6.20 Å². The summed E-state index contributed by atoms with van der Waals surface area (Å²) in [4.78, 5) is 25.7. The van der Waals surface area contributed by atoms with Crippen LogP contribution in [0.3, 0.4) is 0 Å². The molecule has 1 aromatic heterocycles. The zero-order valence-electron chi connectivity index (χ0n) is 10.8. The van der Waals surface area contributed by atoms with Crippen molar-refractivity contribution >= 4 is 15.9 Å². The highest BCUT2D eigenvalue weighted by molar-refractivity contribution is 9.10. The molecule has 20 heavy (non-hydrogen) atoms. The number of hydrogen-bond donors (Lipinski definition) is 1. The molecule has 0 aliphatic rings. The van der Waals surface area contributed by atoms with E-state index >= 15 is 0 Å². The first kappa shape index (κ1) is 14.4. The standard InChI is InChI=1S/C13H13BrN2O4/c1-19-9-2-4-10(5-3-9)20-7-6-16-12(17)11(14)8-15-13(16)18/h2-5,8H,6-7H2,1H3,(H,15,18). The minimum absolute atomic E-state index is 0.166. The minimum atomic E-state index is -0.462. The maximum absolute atomic E-state index is 11.7. The second-order valence-corrected chi connectivity index (χ2v) is 4.78. The van der Waals surface area contributed by atoms with Gasteiger partial charge in [-0.25, -0.2) is 4.79 Å². The Kier molecular flexibility index (Phi) is 4.62. The predicted molar refractivity (Wildman–Crippen MR) is 77.5 cm³/mol. The fraction of sp³-hybridized carbons (Fsp3) is 0.231. The van der Waals surface area contributed by atoms with Crippen LogP contribution < -0.4 is 20.7 Å². The predicted octanol–water partition coefficient (Wildman–Crippen LogP) is 1.39. The van der Waals surface area contributed by atoms with Crippen LogP contribution in [-0.4, -0.2) is 23.3 Å². The maximum atomic E-state index is 11.7. The van der Waals surface area contributed by atoms with E-state index in [1.165, 1.54) is 6.20 Å². The van der Waals surface area contributed by atoms with Gasteiger partial charge < -0.3 is 14.5 Å². The minimum Gasteiger partial charge on any atom is -0.497 e. The molecule has 6 nitrogen and oxygen atoms in total. The van der Waals surface area contributed by atoms with Gasteiger partial charge in [-0.2, -0.15) is 0 Å². The van der Waals surface area contributed by atoms with Gasteiger partial charge in [0.15, 0.2) is 0 Å². The molecule has 0 aliphatic carbocycles. The first-order valence-electron chi connectivity index (χ1n) is 5.86. The second kappa shape index (κ2) is 6.42. The molecular formula is C13H13BrN2O4. The van der Waals surface area contributed by atoms with Gasteiger partial charge in [-0.3, -0.25) is 9.36 Å². The summed E-state index contributed by atoms with van der Waals surface area (Å²) in [7, 11) is 1.59. The normalized spacial score (nSPS) is 10.3. The molecule has 1 N–H and O–H groups in total. The van der Waals surface area contributed by atoms with E-state index < -0.39 is 5.69 Å². The van der Waals surface area contributed by atoms with Crippen molar-refractivity contribution in [2.24, 2.45) is 0 Å². The summed E-state index contributed by atoms with van der Waals surface area (Å²) >= 11 is 3.07. The van der Waals surface area contributed by atoms with Gasteiger partial charge in [-0.05, 0) is 40.2 Å². The van der Waals surface area contributed by atoms with Gasteiger partial charge in [0.05, 0.1) is 18.1 Å². The van der Waals surface area contributed by atoms with E-state index in [4.69, 9.17) is 9.47 Å². The van der Waals surface area contributed by atoms with Gasteiger partial charge in [-0.1, -0.05) is 0 Å². The molecule has 0 unspecified atom stereocenters.